The van der Waals surface area contributed by atoms with E-state index in [4.69, 9.17) is 104 Å². The molecule has 30 heteroatoms. The molecule has 2 saturated carbocycles. The predicted octanol–water partition coefficient (Wildman–Crippen LogP) is -5.22. The molecule has 4 fully saturated rings. The van der Waals surface area contributed by atoms with Gasteiger partial charge in [-0.05, 0) is 133 Å². The second-order valence-electron chi connectivity index (χ2n) is 21.8. The molecule has 476 valence electrons. The van der Waals surface area contributed by atoms with Crippen LogP contribution in [0.25, 0.3) is 0 Å². The molecule has 2 aliphatic heterocycles. The van der Waals surface area contributed by atoms with Crippen LogP contribution in [0, 0.1) is 0 Å². The van der Waals surface area contributed by atoms with Gasteiger partial charge in [0.05, 0.1) is 24.3 Å². The Bertz CT molecular complexity index is 1700. The maximum atomic E-state index is 10.9. The van der Waals surface area contributed by atoms with Crippen molar-refractivity contribution in [2.75, 3.05) is 102 Å². The Morgan fingerprint density at radius 1 is 0.457 bits per heavy atom. The predicted molar refractivity (Wildman–Crippen MR) is 326 cm³/mol. The first-order chi connectivity index (χ1) is 38.9. The number of thiocarbonyl (C=S) groups is 2. The van der Waals surface area contributed by atoms with Crippen LogP contribution in [0.15, 0.2) is 0 Å². The smallest absolute Gasteiger partial charge is 0.176 e. The lowest BCUT2D eigenvalue weighted by Crippen LogP contribution is -2.67. The number of thioether (sulfide) groups is 2. The summed E-state index contributed by atoms with van der Waals surface area (Å²) in [5, 5.41) is 77.9. The second-order valence-corrected chi connectivity index (χ2v) is 25.0. The first-order valence-electron chi connectivity index (χ1n) is 29.4. The molecule has 0 radical (unpaired) electrons. The molecule has 0 aromatic carbocycles. The van der Waals surface area contributed by atoms with E-state index in [9.17, 15) is 30.6 Å². The third-order valence-corrected chi connectivity index (χ3v) is 18.0. The summed E-state index contributed by atoms with van der Waals surface area (Å²) in [6, 6.07) is -4.45. The van der Waals surface area contributed by atoms with Gasteiger partial charge in [-0.3, -0.25) is 0 Å². The lowest BCUT2D eigenvalue weighted by atomic mass is 9.84. The van der Waals surface area contributed by atoms with E-state index in [2.05, 4.69) is 26.2 Å². The molecular formula is C51H106N14O12S4. The van der Waals surface area contributed by atoms with E-state index in [0.29, 0.717) is 42.8 Å². The maximum Gasteiger partial charge on any atom is 0.176 e. The number of nitrogens with one attached hydrogen (secondary N) is 4. The normalized spacial score (nSPS) is 34.5. The molecule has 0 bridgehead atoms. The summed E-state index contributed by atoms with van der Waals surface area (Å²) in [7, 11) is 0. The van der Waals surface area contributed by atoms with E-state index >= 15 is 0 Å². The number of aliphatic hydroxyl groups is 6. The van der Waals surface area contributed by atoms with Crippen molar-refractivity contribution in [2.45, 2.75) is 206 Å². The Kier molecular flexibility index (Phi) is 36.4. The molecule has 0 amide bonds. The van der Waals surface area contributed by atoms with Crippen molar-refractivity contribution in [2.24, 2.45) is 51.6 Å². The zero-order valence-electron chi connectivity index (χ0n) is 47.5. The van der Waals surface area contributed by atoms with Crippen LogP contribution in [0.2, 0.25) is 0 Å². The topological polar surface area (TPSA) is 462 Å². The fraction of sp³-hybridized carbons (Fsp3) is 0.961. The highest BCUT2D eigenvalue weighted by atomic mass is 32.2. The van der Waals surface area contributed by atoms with Crippen LogP contribution in [0.3, 0.4) is 0 Å². The number of nitrogens with zero attached hydrogens (tertiary/aromatic N) is 1. The summed E-state index contributed by atoms with van der Waals surface area (Å²) in [4.78, 5) is 2.53. The number of hydrogen-bond acceptors (Lipinski definition) is 26. The summed E-state index contributed by atoms with van der Waals surface area (Å²) in [6.07, 6.45) is -3.14. The third kappa shape index (κ3) is 25.1. The summed E-state index contributed by atoms with van der Waals surface area (Å²) in [5.74, 6) is 3.72. The molecule has 4 rings (SSSR count). The average molecular weight is 1240 g/mol. The van der Waals surface area contributed by atoms with Crippen molar-refractivity contribution < 1.29 is 59.1 Å². The van der Waals surface area contributed by atoms with Gasteiger partial charge in [0, 0.05) is 88.2 Å². The number of ether oxygens (including phenoxy) is 6. The minimum Gasteiger partial charge on any atom is -0.389 e. The minimum absolute atomic E-state index is 0.0437. The Morgan fingerprint density at radius 3 is 1.33 bits per heavy atom. The fourth-order valence-corrected chi connectivity index (χ4v) is 12.4. The van der Waals surface area contributed by atoms with E-state index in [1.807, 2.05) is 23.5 Å². The van der Waals surface area contributed by atoms with Crippen molar-refractivity contribution in [3.8, 4) is 0 Å². The lowest BCUT2D eigenvalue weighted by Gasteiger charge is -2.46. The van der Waals surface area contributed by atoms with E-state index < -0.39 is 122 Å². The van der Waals surface area contributed by atoms with Crippen LogP contribution < -0.4 is 72.9 Å². The van der Waals surface area contributed by atoms with Crippen molar-refractivity contribution in [1.82, 2.24) is 26.2 Å². The molecule has 8 unspecified atom stereocenters. The highest BCUT2D eigenvalue weighted by molar-refractivity contribution is 7.99. The van der Waals surface area contributed by atoms with Gasteiger partial charge in [0.2, 0.25) is 0 Å². The van der Waals surface area contributed by atoms with Crippen LogP contribution >= 0.6 is 48.0 Å². The van der Waals surface area contributed by atoms with Gasteiger partial charge in [-0.25, -0.2) is 0 Å². The minimum atomic E-state index is -1.31. The molecule has 0 aromatic heterocycles. The van der Waals surface area contributed by atoms with Gasteiger partial charge in [-0.1, -0.05) is 12.8 Å². The molecule has 4 aliphatic rings. The summed E-state index contributed by atoms with van der Waals surface area (Å²) >= 11 is 14.8. The summed E-state index contributed by atoms with van der Waals surface area (Å²) in [6.45, 7) is 7.49. The highest BCUT2D eigenvalue weighted by Crippen LogP contribution is 2.31. The Morgan fingerprint density at radius 2 is 0.864 bits per heavy atom. The number of unbranched alkanes of at least 4 members (excludes halogenated alkanes) is 6. The van der Waals surface area contributed by atoms with Crippen LogP contribution in [0.1, 0.15) is 83.5 Å². The number of nitrogens with two attached hydrogens (primary N) is 9. The number of hydrogen-bond donors (Lipinski definition) is 19. The molecule has 0 aromatic rings. The van der Waals surface area contributed by atoms with Crippen LogP contribution in [-0.4, -0.2) is 270 Å². The first kappa shape index (κ1) is 72.7. The van der Waals surface area contributed by atoms with E-state index in [1.54, 1.807) is 0 Å². The van der Waals surface area contributed by atoms with E-state index in [0.717, 1.165) is 139 Å². The van der Waals surface area contributed by atoms with Gasteiger partial charge < -0.3 is 137 Å². The molecule has 2 saturated heterocycles. The van der Waals surface area contributed by atoms with Crippen molar-refractivity contribution in [3.63, 3.8) is 0 Å². The molecule has 0 spiro atoms. The fourth-order valence-electron chi connectivity index (χ4n) is 10.3. The SMILES string of the molecule is NCCCCCN(CCCCNC(=S)NCCSCCCCO[C@@H]1C(O)[C@H](N)CC(N)[C@H]1O[C@H]1OC(CN)[C@@H](O)[C@H](O)C1N)CCCNC(=S)NCCSCCCCCO[C@@H]1C(O)[C@H](N)CC(N)[C@H]1O[C@H]1OC(CN)[C@@H](O)[C@H](O)C1N. The molecule has 2 aliphatic carbocycles. The average Bonchev–Trinajstić information content (AvgIpc) is 3.44. The monoisotopic (exact) mass is 1230 g/mol. The van der Waals surface area contributed by atoms with Gasteiger partial charge in [0.1, 0.15) is 61.0 Å². The van der Waals surface area contributed by atoms with Gasteiger partial charge in [-0.15, -0.1) is 0 Å². The van der Waals surface area contributed by atoms with Crippen LogP contribution in [-0.2, 0) is 28.4 Å². The van der Waals surface area contributed by atoms with Gasteiger partial charge in [0.15, 0.2) is 22.8 Å². The van der Waals surface area contributed by atoms with Crippen molar-refractivity contribution >= 4 is 58.2 Å². The van der Waals surface area contributed by atoms with E-state index in [-0.39, 0.29) is 13.1 Å². The molecule has 26 nitrogen and oxygen atoms in total. The van der Waals surface area contributed by atoms with Gasteiger partial charge >= 0.3 is 0 Å². The number of rotatable bonds is 39. The lowest BCUT2D eigenvalue weighted by molar-refractivity contribution is -0.291. The highest BCUT2D eigenvalue weighted by Gasteiger charge is 2.50. The van der Waals surface area contributed by atoms with E-state index in [1.165, 1.54) is 0 Å². The van der Waals surface area contributed by atoms with Crippen LogP contribution in [0.4, 0.5) is 0 Å². The Hall–Kier alpha value is -0.800. The Labute approximate surface area is 499 Å². The molecular weight excluding hydrogens is 1130 g/mol. The van der Waals surface area contributed by atoms with Crippen molar-refractivity contribution in [3.05, 3.63) is 0 Å². The second kappa shape index (κ2) is 40.6. The molecule has 20 atom stereocenters. The Balaban J connectivity index is 0.985. The molecule has 81 heavy (non-hydrogen) atoms. The number of aliphatic hydroxyl groups excluding tert-OH is 6. The molecule has 28 N–H and O–H groups in total. The van der Waals surface area contributed by atoms with Gasteiger partial charge in [0.25, 0.3) is 0 Å². The zero-order chi connectivity index (χ0) is 59.3. The summed E-state index contributed by atoms with van der Waals surface area (Å²) < 4.78 is 36.0. The quantitative estimate of drug-likeness (QED) is 0.0202. The van der Waals surface area contributed by atoms with Crippen molar-refractivity contribution in [1.29, 1.82) is 0 Å². The third-order valence-electron chi connectivity index (χ3n) is 15.3. The largest absolute Gasteiger partial charge is 0.389 e. The summed E-state index contributed by atoms with van der Waals surface area (Å²) in [5.41, 5.74) is 54.6. The first-order valence-corrected chi connectivity index (χ1v) is 32.5. The molecule has 2 heterocycles. The zero-order valence-corrected chi connectivity index (χ0v) is 50.7. The standard InChI is InChI=1S/C51H106N14O12S4/c52-12-3-1-5-17-65(18-6-4-13-61-50(78)63-16-25-81-23-10-8-21-73-47-39(67)31(56)27-33(58)45(47)77-49-37(60)43(71)41(69)35(29-54)75-49)19-11-14-62-51(79)64-15-24-80-22-9-2-7-20-72-46-38(66)30(55)26-32(57)44(46)76-48-36(59)42(70)40(68)34(28-53)74-48/h30-49,66-71H,1-29,52-60H2,(H2,61,63,78)(H2,62,64,79)/t30-,31-,32?,33?,34?,35?,36?,37?,38?,39?,40-,41-,42-,43-,44-,45-,46-,47-,48-,49-/m1/s1. The van der Waals surface area contributed by atoms with Crippen LogP contribution in [0.5, 0.6) is 0 Å². The maximum absolute atomic E-state index is 10.9. The van der Waals surface area contributed by atoms with Gasteiger partial charge in [-0.2, -0.15) is 23.5 Å².